The third-order valence-corrected chi connectivity index (χ3v) is 1.66. The van der Waals surface area contributed by atoms with Crippen LogP contribution in [0.2, 0.25) is 5.05 Å². The van der Waals surface area contributed by atoms with Crippen molar-refractivity contribution in [2.75, 3.05) is 0 Å². The molecular formula is C9H20BrMgO2+. The standard InChI is InChI=1S/C8H16O2.CH3.BrH.Mg/c1-3-4-5-6-7(2)8(9)10;;;/h7H,3-6H2,1-2H3,(H,9,10);1H3;1H;/q;;;+1. The molecule has 0 saturated heterocycles. The summed E-state index contributed by atoms with van der Waals surface area (Å²) < 4.78 is 0. The van der Waals surface area contributed by atoms with Gasteiger partial charge in [-0.15, -0.1) is 17.0 Å². The van der Waals surface area contributed by atoms with Gasteiger partial charge in [0.25, 0.3) is 0 Å². The van der Waals surface area contributed by atoms with E-state index in [-0.39, 0.29) is 22.9 Å². The summed E-state index contributed by atoms with van der Waals surface area (Å²) >= 11 is 1.86. The zero-order chi connectivity index (χ0) is 9.98. The van der Waals surface area contributed by atoms with Crippen LogP contribution in [0.25, 0.3) is 0 Å². The van der Waals surface area contributed by atoms with Gasteiger partial charge in [0, 0.05) is 0 Å². The fourth-order valence-corrected chi connectivity index (χ4v) is 0.824. The molecule has 76 valence electrons. The van der Waals surface area contributed by atoms with Gasteiger partial charge < -0.3 is 5.11 Å². The molecule has 1 unspecified atom stereocenters. The number of carboxylic acid groups (broad SMARTS) is 1. The van der Waals surface area contributed by atoms with Crippen molar-refractivity contribution in [3.05, 3.63) is 0 Å². The van der Waals surface area contributed by atoms with Crippen molar-refractivity contribution in [3.63, 3.8) is 0 Å². The number of hydrogen-bond donors (Lipinski definition) is 1. The Labute approximate surface area is 105 Å². The van der Waals surface area contributed by atoms with Gasteiger partial charge in [-0.2, -0.15) is 0 Å². The van der Waals surface area contributed by atoms with Crippen LogP contribution in [-0.2, 0) is 4.79 Å². The minimum absolute atomic E-state index is 0. The van der Waals surface area contributed by atoms with E-state index in [9.17, 15) is 4.79 Å². The number of aliphatic carboxylic acids is 1. The van der Waals surface area contributed by atoms with Crippen LogP contribution >= 0.6 is 17.0 Å². The Hall–Kier alpha value is 0.716. The molecule has 0 bridgehead atoms. The van der Waals surface area contributed by atoms with Crippen LogP contribution in [0.15, 0.2) is 0 Å². The molecule has 1 N–H and O–H groups in total. The maximum absolute atomic E-state index is 10.3. The number of rotatable bonds is 5. The molecule has 0 aromatic rings. The molecule has 0 radical (unpaired) electrons. The SMILES string of the molecule is Br.CCCCCC(C)C(=O)O.[CH3][Mg+]. The van der Waals surface area contributed by atoms with E-state index in [1.165, 1.54) is 0 Å². The first kappa shape index (κ1) is 19.3. The van der Waals surface area contributed by atoms with Gasteiger partial charge in [0.2, 0.25) is 0 Å². The Morgan fingerprint density at radius 2 is 1.85 bits per heavy atom. The number of carboxylic acids is 1. The van der Waals surface area contributed by atoms with Gasteiger partial charge in [-0.25, -0.2) is 0 Å². The van der Waals surface area contributed by atoms with Crippen LogP contribution in [0, 0.1) is 5.92 Å². The van der Waals surface area contributed by atoms with Crippen molar-refractivity contribution in [3.8, 4) is 0 Å². The quantitative estimate of drug-likeness (QED) is 0.612. The van der Waals surface area contributed by atoms with Crippen molar-refractivity contribution in [1.29, 1.82) is 0 Å². The molecule has 0 aliphatic carbocycles. The fraction of sp³-hybridized carbons (Fsp3) is 0.889. The van der Waals surface area contributed by atoms with Crippen LogP contribution in [0.5, 0.6) is 0 Å². The molecule has 0 aliphatic heterocycles. The summed E-state index contributed by atoms with van der Waals surface area (Å²) in [4.78, 5) is 10.3. The van der Waals surface area contributed by atoms with Crippen molar-refractivity contribution >= 4 is 44.7 Å². The second-order valence-electron chi connectivity index (χ2n) is 2.74. The average Bonchev–Trinajstić information content (AvgIpc) is 2.08. The Balaban J connectivity index is -0.000000309. The number of hydrogen-bond acceptors (Lipinski definition) is 1. The van der Waals surface area contributed by atoms with Crippen LogP contribution in [-0.4, -0.2) is 32.8 Å². The molecule has 0 amide bonds. The zero-order valence-corrected chi connectivity index (χ0v) is 12.0. The molecule has 13 heavy (non-hydrogen) atoms. The van der Waals surface area contributed by atoms with E-state index in [0.29, 0.717) is 0 Å². The molecule has 0 rings (SSSR count). The van der Waals surface area contributed by atoms with Crippen molar-refractivity contribution in [2.45, 2.75) is 44.6 Å². The van der Waals surface area contributed by atoms with E-state index >= 15 is 0 Å². The molecule has 0 aliphatic rings. The molecule has 1 atom stereocenters. The van der Waals surface area contributed by atoms with Gasteiger partial charge in [0.15, 0.2) is 0 Å². The van der Waals surface area contributed by atoms with Gasteiger partial charge in [-0.1, -0.05) is 33.1 Å². The van der Waals surface area contributed by atoms with Crippen molar-refractivity contribution < 1.29 is 9.90 Å². The monoisotopic (exact) mass is 263 g/mol. The topological polar surface area (TPSA) is 37.3 Å². The van der Waals surface area contributed by atoms with E-state index in [1.54, 1.807) is 6.92 Å². The van der Waals surface area contributed by atoms with Gasteiger partial charge in [-0.05, 0) is 6.42 Å². The van der Waals surface area contributed by atoms with E-state index in [0.717, 1.165) is 25.7 Å². The Bertz CT molecular complexity index is 110. The summed E-state index contributed by atoms with van der Waals surface area (Å²) in [7, 11) is 0. The van der Waals surface area contributed by atoms with Gasteiger partial charge in [0.05, 0.1) is 5.92 Å². The zero-order valence-electron chi connectivity index (χ0n) is 8.88. The molecule has 0 fully saturated rings. The Morgan fingerprint density at radius 3 is 2.15 bits per heavy atom. The number of carbonyl (C=O) groups is 1. The molecule has 0 aromatic heterocycles. The third kappa shape index (κ3) is 15.5. The van der Waals surface area contributed by atoms with Crippen LogP contribution in [0.4, 0.5) is 0 Å². The fourth-order valence-electron chi connectivity index (χ4n) is 0.824. The van der Waals surface area contributed by atoms with Crippen molar-refractivity contribution in [2.24, 2.45) is 5.92 Å². The summed E-state index contributed by atoms with van der Waals surface area (Å²) in [5.41, 5.74) is 0. The first-order chi connectivity index (χ1) is 5.68. The van der Waals surface area contributed by atoms with E-state index in [2.05, 4.69) is 6.92 Å². The number of halogens is 1. The second-order valence-corrected chi connectivity index (χ2v) is 2.74. The van der Waals surface area contributed by atoms with E-state index in [4.69, 9.17) is 5.11 Å². The van der Waals surface area contributed by atoms with Crippen LogP contribution < -0.4 is 0 Å². The molecule has 0 spiro atoms. The van der Waals surface area contributed by atoms with Gasteiger partial charge in [0.1, 0.15) is 0 Å². The molecule has 0 aromatic carbocycles. The van der Waals surface area contributed by atoms with Gasteiger partial charge >= 0.3 is 32.7 Å². The normalized spacial score (nSPS) is 10.5. The number of unbranched alkanes of at least 4 members (excludes halogenated alkanes) is 2. The second kappa shape index (κ2) is 15.2. The summed E-state index contributed by atoms with van der Waals surface area (Å²) in [5, 5.41) is 10.5. The molecule has 0 saturated carbocycles. The first-order valence-corrected chi connectivity index (χ1v) is 6.03. The predicted octanol–water partition coefficient (Wildman–Crippen LogP) is 3.07. The molecule has 4 heteroatoms. The third-order valence-electron chi connectivity index (χ3n) is 1.66. The molecular weight excluding hydrogens is 244 g/mol. The molecule has 2 nitrogen and oxygen atoms in total. The Kier molecular flexibility index (Phi) is 22.6. The maximum atomic E-state index is 10.3. The average molecular weight is 264 g/mol. The van der Waals surface area contributed by atoms with E-state index in [1.807, 2.05) is 26.8 Å². The summed E-state index contributed by atoms with van der Waals surface area (Å²) in [6.45, 7) is 3.88. The summed E-state index contributed by atoms with van der Waals surface area (Å²) in [6.07, 6.45) is 4.18. The predicted molar refractivity (Wildman–Crippen MR) is 62.9 cm³/mol. The van der Waals surface area contributed by atoms with Crippen LogP contribution in [0.3, 0.4) is 0 Å². The summed E-state index contributed by atoms with van der Waals surface area (Å²) in [5.74, 6) is -0.831. The first-order valence-electron chi connectivity index (χ1n) is 4.62. The van der Waals surface area contributed by atoms with Gasteiger partial charge in [-0.3, -0.25) is 4.79 Å². The van der Waals surface area contributed by atoms with E-state index < -0.39 is 5.97 Å². The Morgan fingerprint density at radius 1 is 1.38 bits per heavy atom. The minimum atomic E-state index is -0.670. The van der Waals surface area contributed by atoms with Crippen molar-refractivity contribution in [1.82, 2.24) is 0 Å². The molecule has 0 heterocycles. The summed E-state index contributed by atoms with van der Waals surface area (Å²) in [6, 6.07) is 0. The van der Waals surface area contributed by atoms with Crippen LogP contribution in [0.1, 0.15) is 39.5 Å².